The molecule has 0 saturated carbocycles. The number of methoxy groups -OCH3 is 1. The largest absolute Gasteiger partial charge is 0.468 e. The monoisotopic (exact) mass is 429 g/mol. The molecule has 11 heteroatoms. The van der Waals surface area contributed by atoms with Gasteiger partial charge in [0.25, 0.3) is 11.6 Å². The lowest BCUT2D eigenvalue weighted by atomic mass is 10.1. The van der Waals surface area contributed by atoms with Gasteiger partial charge in [0.1, 0.15) is 6.54 Å². The zero-order valence-electron chi connectivity index (χ0n) is 15.7. The predicted octanol–water partition coefficient (Wildman–Crippen LogP) is 2.18. The fourth-order valence-corrected chi connectivity index (χ4v) is 4.00. The van der Waals surface area contributed by atoms with E-state index in [2.05, 4.69) is 4.99 Å². The predicted molar refractivity (Wildman–Crippen MR) is 105 cm³/mol. The van der Waals surface area contributed by atoms with E-state index in [1.165, 1.54) is 23.8 Å². The number of ether oxygens (including phenoxy) is 3. The molecular formula is C19H15N3O7S. The highest BCUT2D eigenvalue weighted by Crippen LogP contribution is 2.32. The van der Waals surface area contributed by atoms with Crippen LogP contribution < -0.4 is 14.3 Å². The molecule has 0 atom stereocenters. The van der Waals surface area contributed by atoms with Crippen LogP contribution in [0.1, 0.15) is 5.56 Å². The average molecular weight is 429 g/mol. The molecule has 0 saturated heterocycles. The first-order valence-corrected chi connectivity index (χ1v) is 9.57. The minimum atomic E-state index is -0.564. The Morgan fingerprint density at radius 3 is 2.80 bits per heavy atom. The number of nitrogens with zero attached hydrogens (tertiary/aromatic N) is 3. The first-order chi connectivity index (χ1) is 14.4. The van der Waals surface area contributed by atoms with E-state index in [0.717, 1.165) is 11.3 Å². The summed E-state index contributed by atoms with van der Waals surface area (Å²) in [6.07, 6.45) is 0.0171. The topological polar surface area (TPSA) is 122 Å². The zero-order chi connectivity index (χ0) is 21.3. The van der Waals surface area contributed by atoms with Crippen molar-refractivity contribution in [2.45, 2.75) is 13.0 Å². The van der Waals surface area contributed by atoms with Crippen molar-refractivity contribution in [1.29, 1.82) is 0 Å². The lowest BCUT2D eigenvalue weighted by Crippen LogP contribution is -2.22. The van der Waals surface area contributed by atoms with Crippen LogP contribution in [0, 0.1) is 10.1 Å². The number of amides is 1. The molecule has 0 fully saturated rings. The molecule has 10 nitrogen and oxygen atoms in total. The molecule has 0 bridgehead atoms. The number of nitro benzene ring substituents is 1. The summed E-state index contributed by atoms with van der Waals surface area (Å²) in [5.41, 5.74) is 0.996. The maximum absolute atomic E-state index is 12.6. The summed E-state index contributed by atoms with van der Waals surface area (Å²) in [6.45, 7) is -0.0909. The summed E-state index contributed by atoms with van der Waals surface area (Å²) in [5.74, 6) is 0.180. The first-order valence-electron chi connectivity index (χ1n) is 8.75. The fraction of sp³-hybridized carbons (Fsp3) is 0.211. The summed E-state index contributed by atoms with van der Waals surface area (Å²) in [7, 11) is 1.24. The van der Waals surface area contributed by atoms with Crippen molar-refractivity contribution in [1.82, 2.24) is 4.57 Å². The quantitative estimate of drug-likeness (QED) is 0.346. The second-order valence-corrected chi connectivity index (χ2v) is 7.34. The fourth-order valence-electron chi connectivity index (χ4n) is 2.97. The van der Waals surface area contributed by atoms with E-state index in [1.54, 1.807) is 24.3 Å². The summed E-state index contributed by atoms with van der Waals surface area (Å²) < 4.78 is 17.4. The number of hydrogen-bond donors (Lipinski definition) is 0. The third-order valence-electron chi connectivity index (χ3n) is 4.40. The van der Waals surface area contributed by atoms with Crippen LogP contribution in [-0.2, 0) is 27.3 Å². The minimum absolute atomic E-state index is 0.0171. The van der Waals surface area contributed by atoms with Crippen molar-refractivity contribution in [3.63, 3.8) is 0 Å². The van der Waals surface area contributed by atoms with Crippen LogP contribution in [0.15, 0.2) is 41.4 Å². The van der Waals surface area contributed by atoms with Gasteiger partial charge in [-0.2, -0.15) is 4.99 Å². The van der Waals surface area contributed by atoms with E-state index in [0.29, 0.717) is 27.3 Å². The molecule has 2 heterocycles. The molecule has 3 aromatic rings. The molecule has 1 aliphatic heterocycles. The molecule has 30 heavy (non-hydrogen) atoms. The SMILES string of the molecule is COC(=O)Cn1c(=NC(=O)Cc2ccc3c(c2)OCO3)sc2ccc([N+](=O)[O-])cc21. The van der Waals surface area contributed by atoms with Crippen molar-refractivity contribution < 1.29 is 28.7 Å². The van der Waals surface area contributed by atoms with Crippen molar-refractivity contribution in [2.75, 3.05) is 13.9 Å². The van der Waals surface area contributed by atoms with Crippen LogP contribution in [0.4, 0.5) is 5.69 Å². The van der Waals surface area contributed by atoms with Crippen LogP contribution in [0.3, 0.4) is 0 Å². The highest BCUT2D eigenvalue weighted by atomic mass is 32.1. The summed E-state index contributed by atoms with van der Waals surface area (Å²) in [4.78, 5) is 39.4. The number of carbonyl (C=O) groups is 2. The van der Waals surface area contributed by atoms with Gasteiger partial charge in [0.05, 0.1) is 28.7 Å². The number of fused-ring (bicyclic) bond motifs is 2. The van der Waals surface area contributed by atoms with E-state index in [1.807, 2.05) is 0 Å². The Labute approximate surface area is 173 Å². The second kappa shape index (κ2) is 7.95. The van der Waals surface area contributed by atoms with E-state index >= 15 is 0 Å². The molecule has 0 unspecified atom stereocenters. The number of non-ortho nitro benzene ring substituents is 1. The maximum Gasteiger partial charge on any atom is 0.325 e. The third kappa shape index (κ3) is 3.87. The molecule has 0 N–H and O–H groups in total. The Kier molecular flexibility index (Phi) is 5.19. The lowest BCUT2D eigenvalue weighted by Gasteiger charge is -2.04. The van der Waals surface area contributed by atoms with Gasteiger partial charge in [-0.1, -0.05) is 17.4 Å². The van der Waals surface area contributed by atoms with Gasteiger partial charge >= 0.3 is 5.97 Å². The molecular weight excluding hydrogens is 414 g/mol. The van der Waals surface area contributed by atoms with Crippen LogP contribution >= 0.6 is 11.3 Å². The number of hydrogen-bond acceptors (Lipinski definition) is 8. The number of benzene rings is 2. The molecule has 2 aromatic carbocycles. The normalized spacial score (nSPS) is 12.9. The molecule has 0 aliphatic carbocycles. The van der Waals surface area contributed by atoms with Gasteiger partial charge in [-0.3, -0.25) is 19.7 Å². The van der Waals surface area contributed by atoms with E-state index < -0.39 is 16.8 Å². The van der Waals surface area contributed by atoms with Gasteiger partial charge in [-0.15, -0.1) is 0 Å². The van der Waals surface area contributed by atoms with Gasteiger partial charge in [0.15, 0.2) is 16.3 Å². The van der Waals surface area contributed by atoms with Crippen LogP contribution in [-0.4, -0.2) is 35.3 Å². The van der Waals surface area contributed by atoms with Gasteiger partial charge in [-0.25, -0.2) is 0 Å². The average Bonchev–Trinajstić information content (AvgIpc) is 3.31. The number of carbonyl (C=O) groups excluding carboxylic acids is 2. The Hall–Kier alpha value is -3.73. The second-order valence-electron chi connectivity index (χ2n) is 6.33. The summed E-state index contributed by atoms with van der Waals surface area (Å²) in [6, 6.07) is 9.45. The highest BCUT2D eigenvalue weighted by Gasteiger charge is 2.17. The van der Waals surface area contributed by atoms with Crippen molar-refractivity contribution >= 4 is 39.1 Å². The molecule has 0 spiro atoms. The highest BCUT2D eigenvalue weighted by molar-refractivity contribution is 7.16. The van der Waals surface area contributed by atoms with Gasteiger partial charge < -0.3 is 18.8 Å². The maximum atomic E-state index is 12.6. The van der Waals surface area contributed by atoms with Crippen molar-refractivity contribution in [3.8, 4) is 11.5 Å². The molecule has 4 rings (SSSR count). The summed E-state index contributed by atoms with van der Waals surface area (Å²) in [5, 5.41) is 11.1. The molecule has 1 amide bonds. The molecule has 1 aromatic heterocycles. The number of aromatic nitrogens is 1. The van der Waals surface area contributed by atoms with Gasteiger partial charge in [-0.05, 0) is 23.8 Å². The standard InChI is InChI=1S/C19H15N3O7S/c1-27-18(24)9-21-13-8-12(22(25)26)3-5-16(13)30-19(21)20-17(23)7-11-2-4-14-15(6-11)29-10-28-14/h2-6,8H,7,9-10H2,1H3. The van der Waals surface area contributed by atoms with Crippen molar-refractivity contribution in [3.05, 3.63) is 56.9 Å². The van der Waals surface area contributed by atoms with Gasteiger partial charge in [0, 0.05) is 12.1 Å². The van der Waals surface area contributed by atoms with E-state index in [9.17, 15) is 19.7 Å². The Morgan fingerprint density at radius 2 is 2.03 bits per heavy atom. The minimum Gasteiger partial charge on any atom is -0.468 e. The Bertz CT molecular complexity index is 1240. The van der Waals surface area contributed by atoms with Gasteiger partial charge in [0.2, 0.25) is 6.79 Å². The van der Waals surface area contributed by atoms with E-state index in [4.69, 9.17) is 14.2 Å². The smallest absolute Gasteiger partial charge is 0.325 e. The zero-order valence-corrected chi connectivity index (χ0v) is 16.5. The molecule has 1 aliphatic rings. The first kappa shape index (κ1) is 19.6. The number of thiazole rings is 1. The van der Waals surface area contributed by atoms with Crippen LogP contribution in [0.5, 0.6) is 11.5 Å². The van der Waals surface area contributed by atoms with Crippen molar-refractivity contribution in [2.24, 2.45) is 4.99 Å². The summed E-state index contributed by atoms with van der Waals surface area (Å²) >= 11 is 1.16. The number of nitro groups is 1. The number of rotatable bonds is 5. The molecule has 154 valence electrons. The van der Waals surface area contributed by atoms with Crippen LogP contribution in [0.2, 0.25) is 0 Å². The third-order valence-corrected chi connectivity index (χ3v) is 5.46. The Balaban J connectivity index is 1.71. The van der Waals surface area contributed by atoms with E-state index in [-0.39, 0.29) is 30.2 Å². The Morgan fingerprint density at radius 1 is 1.23 bits per heavy atom. The van der Waals surface area contributed by atoms with Crippen LogP contribution in [0.25, 0.3) is 10.2 Å². The molecule has 0 radical (unpaired) electrons. The lowest BCUT2D eigenvalue weighted by molar-refractivity contribution is -0.384. The number of esters is 1.